The molecule has 2 amide bonds. The standard InChI is InChI=1S/C30H32N6O4S.2H2/c1-3-35-8-10-36(11-9-35)18-22-6-4-21-15-27(41-30(21)33-22)29(38)34-24-16-23(17-31-19(24)2)32-28(37)20-5-7-25-26(14-20)40-13-12-39-25;;/h4-7,14-17H,3,8-13,18H2,1-2H3,(H,32,37)(H,34,38);2*1H. The maximum atomic E-state index is 13.2. The quantitative estimate of drug-likeness (QED) is 0.320. The number of ether oxygens (including phenoxy) is 2. The fourth-order valence-electron chi connectivity index (χ4n) is 4.95. The van der Waals surface area contributed by atoms with Crippen molar-refractivity contribution >= 4 is 44.7 Å². The van der Waals surface area contributed by atoms with Crippen LogP contribution in [0.15, 0.2) is 48.7 Å². The van der Waals surface area contributed by atoms with Crippen molar-refractivity contribution in [3.05, 3.63) is 70.5 Å². The zero-order valence-corrected chi connectivity index (χ0v) is 23.9. The number of carbonyl (C=O) groups excluding carboxylic acids is 2. The minimum absolute atomic E-state index is 0. The van der Waals surface area contributed by atoms with Crippen LogP contribution in [0.2, 0.25) is 0 Å². The molecule has 0 aliphatic carbocycles. The molecule has 11 heteroatoms. The smallest absolute Gasteiger partial charge is 0.265 e. The lowest BCUT2D eigenvalue weighted by atomic mass is 10.1. The van der Waals surface area contributed by atoms with E-state index in [1.165, 1.54) is 11.3 Å². The van der Waals surface area contributed by atoms with Gasteiger partial charge < -0.3 is 25.0 Å². The predicted molar refractivity (Wildman–Crippen MR) is 164 cm³/mol. The van der Waals surface area contributed by atoms with Gasteiger partial charge in [0, 0.05) is 46.5 Å². The molecule has 0 saturated carbocycles. The van der Waals surface area contributed by atoms with Crippen LogP contribution in [0, 0.1) is 6.92 Å². The molecule has 0 unspecified atom stereocenters. The highest BCUT2D eigenvalue weighted by Gasteiger charge is 2.19. The van der Waals surface area contributed by atoms with Gasteiger partial charge in [-0.05, 0) is 49.9 Å². The molecule has 1 saturated heterocycles. The van der Waals surface area contributed by atoms with Crippen LogP contribution < -0.4 is 20.1 Å². The molecule has 41 heavy (non-hydrogen) atoms. The number of hydrogen-bond donors (Lipinski definition) is 2. The number of fused-ring (bicyclic) bond motifs is 2. The molecule has 1 fully saturated rings. The second kappa shape index (κ2) is 11.8. The maximum Gasteiger partial charge on any atom is 0.265 e. The summed E-state index contributed by atoms with van der Waals surface area (Å²) in [6.07, 6.45) is 1.56. The minimum atomic E-state index is -0.316. The summed E-state index contributed by atoms with van der Waals surface area (Å²) in [5, 5.41) is 6.74. The van der Waals surface area contributed by atoms with E-state index >= 15 is 0 Å². The van der Waals surface area contributed by atoms with Crippen LogP contribution in [0.5, 0.6) is 11.5 Å². The van der Waals surface area contributed by atoms with Crippen molar-refractivity contribution in [1.29, 1.82) is 0 Å². The van der Waals surface area contributed by atoms with Crippen molar-refractivity contribution in [3.8, 4) is 11.5 Å². The molecule has 3 aromatic heterocycles. The highest BCUT2D eigenvalue weighted by atomic mass is 32.1. The van der Waals surface area contributed by atoms with Gasteiger partial charge in [-0.2, -0.15) is 0 Å². The lowest BCUT2D eigenvalue weighted by molar-refractivity contribution is 0.102. The number of rotatable bonds is 7. The van der Waals surface area contributed by atoms with E-state index in [2.05, 4.69) is 32.3 Å². The first-order valence-corrected chi connectivity index (χ1v) is 14.6. The summed E-state index contributed by atoms with van der Waals surface area (Å²) in [5.41, 5.74) is 3.07. The average molecular weight is 577 g/mol. The van der Waals surface area contributed by atoms with Gasteiger partial charge in [-0.25, -0.2) is 4.98 Å². The summed E-state index contributed by atoms with van der Waals surface area (Å²) in [7, 11) is 0. The van der Waals surface area contributed by atoms with E-state index in [0.29, 0.717) is 52.2 Å². The summed E-state index contributed by atoms with van der Waals surface area (Å²) in [6.45, 7) is 11.1. The lowest BCUT2D eigenvalue weighted by Crippen LogP contribution is -2.45. The summed E-state index contributed by atoms with van der Waals surface area (Å²) in [4.78, 5) is 41.6. The van der Waals surface area contributed by atoms with Crippen molar-refractivity contribution < 1.29 is 21.9 Å². The summed E-state index contributed by atoms with van der Waals surface area (Å²) >= 11 is 1.37. The Morgan fingerprint density at radius 1 is 0.951 bits per heavy atom. The lowest BCUT2D eigenvalue weighted by Gasteiger charge is -2.33. The second-order valence-electron chi connectivity index (χ2n) is 10.1. The average Bonchev–Trinajstić information content (AvgIpc) is 3.43. The first-order valence-electron chi connectivity index (χ1n) is 13.8. The van der Waals surface area contributed by atoms with Gasteiger partial charge in [0.05, 0.1) is 33.8 Å². The highest BCUT2D eigenvalue weighted by molar-refractivity contribution is 7.20. The molecular weight excluding hydrogens is 540 g/mol. The molecule has 4 aromatic rings. The number of nitrogens with zero attached hydrogens (tertiary/aromatic N) is 4. The van der Waals surface area contributed by atoms with E-state index in [1.54, 1.807) is 37.4 Å². The molecule has 2 aliphatic heterocycles. The predicted octanol–water partition coefficient (Wildman–Crippen LogP) is 4.91. The Kier molecular flexibility index (Phi) is 7.82. The fraction of sp³-hybridized carbons (Fsp3) is 0.333. The van der Waals surface area contributed by atoms with Crippen LogP contribution in [-0.2, 0) is 6.54 Å². The summed E-state index contributed by atoms with van der Waals surface area (Å²) in [5.74, 6) is 0.598. The van der Waals surface area contributed by atoms with Gasteiger partial charge in [0.15, 0.2) is 11.5 Å². The number of carbonyl (C=O) groups is 2. The number of aryl methyl sites for hydroxylation is 1. The van der Waals surface area contributed by atoms with Gasteiger partial charge in [0.2, 0.25) is 0 Å². The monoisotopic (exact) mass is 576 g/mol. The third-order valence-corrected chi connectivity index (χ3v) is 8.40. The number of benzene rings is 1. The first-order chi connectivity index (χ1) is 19.9. The molecule has 2 aliphatic rings. The Labute approximate surface area is 245 Å². The highest BCUT2D eigenvalue weighted by Crippen LogP contribution is 2.31. The van der Waals surface area contributed by atoms with E-state index in [-0.39, 0.29) is 14.7 Å². The normalized spacial score (nSPS) is 15.6. The third kappa shape index (κ3) is 6.17. The van der Waals surface area contributed by atoms with Gasteiger partial charge in [0.1, 0.15) is 18.0 Å². The molecular formula is C30H36N6O4S. The van der Waals surface area contributed by atoms with Crippen molar-refractivity contribution in [2.75, 3.05) is 56.6 Å². The molecule has 1 aromatic carbocycles. The van der Waals surface area contributed by atoms with E-state index in [0.717, 1.165) is 55.2 Å². The van der Waals surface area contributed by atoms with E-state index in [4.69, 9.17) is 14.5 Å². The van der Waals surface area contributed by atoms with Crippen LogP contribution in [0.4, 0.5) is 11.4 Å². The molecule has 0 spiro atoms. The largest absolute Gasteiger partial charge is 0.486 e. The van der Waals surface area contributed by atoms with Crippen LogP contribution in [0.1, 0.15) is 41.2 Å². The van der Waals surface area contributed by atoms with Crippen LogP contribution in [0.3, 0.4) is 0 Å². The maximum absolute atomic E-state index is 13.2. The number of amides is 2. The van der Waals surface area contributed by atoms with Crippen molar-refractivity contribution in [2.24, 2.45) is 0 Å². The second-order valence-corrected chi connectivity index (χ2v) is 11.2. The van der Waals surface area contributed by atoms with Crippen LogP contribution in [-0.4, -0.2) is 77.5 Å². The van der Waals surface area contributed by atoms with E-state index in [9.17, 15) is 9.59 Å². The Bertz CT molecular complexity index is 1610. The molecule has 0 radical (unpaired) electrons. The number of hydrogen-bond acceptors (Lipinski definition) is 9. The molecule has 0 bridgehead atoms. The number of pyridine rings is 2. The van der Waals surface area contributed by atoms with Crippen LogP contribution >= 0.6 is 11.3 Å². The van der Waals surface area contributed by atoms with Crippen LogP contribution in [0.25, 0.3) is 10.2 Å². The molecule has 10 nitrogen and oxygen atoms in total. The summed E-state index contributed by atoms with van der Waals surface area (Å²) < 4.78 is 11.1. The van der Waals surface area contributed by atoms with Gasteiger partial charge in [-0.1, -0.05) is 13.0 Å². The van der Waals surface area contributed by atoms with Gasteiger partial charge in [-0.15, -0.1) is 11.3 Å². The Balaban J connectivity index is 0.00000212. The number of piperazine rings is 1. The van der Waals surface area contributed by atoms with Crippen molar-refractivity contribution in [3.63, 3.8) is 0 Å². The minimum Gasteiger partial charge on any atom is -0.486 e. The number of aromatic nitrogens is 2. The Morgan fingerprint density at radius 2 is 1.73 bits per heavy atom. The van der Waals surface area contributed by atoms with Gasteiger partial charge in [0.25, 0.3) is 11.8 Å². The fourth-order valence-corrected chi connectivity index (χ4v) is 5.89. The topological polar surface area (TPSA) is 109 Å². The Morgan fingerprint density at radius 3 is 2.54 bits per heavy atom. The first kappa shape index (κ1) is 27.1. The Hall–Kier alpha value is -4.06. The SMILES string of the molecule is CCN1CCN(Cc2ccc3cc(C(=O)Nc4cc(NC(=O)c5ccc6c(c5)OCCO6)cnc4C)sc3n2)CC1.[HH].[HH]. The molecule has 5 heterocycles. The van der Waals surface area contributed by atoms with Crippen molar-refractivity contribution in [1.82, 2.24) is 19.8 Å². The number of thiophene rings is 1. The van der Waals surface area contributed by atoms with Gasteiger partial charge in [-0.3, -0.25) is 19.5 Å². The molecule has 216 valence electrons. The van der Waals surface area contributed by atoms with E-state index < -0.39 is 0 Å². The van der Waals surface area contributed by atoms with Crippen molar-refractivity contribution in [2.45, 2.75) is 20.4 Å². The van der Waals surface area contributed by atoms with Gasteiger partial charge >= 0.3 is 0 Å². The zero-order chi connectivity index (χ0) is 28.3. The molecule has 2 N–H and O–H groups in total. The number of likely N-dealkylation sites (N-methyl/N-ethyl adjacent to an activating group) is 1. The summed E-state index contributed by atoms with van der Waals surface area (Å²) in [6, 6.07) is 12.7. The number of anilines is 2. The van der Waals surface area contributed by atoms with E-state index in [1.807, 2.05) is 18.2 Å². The molecule has 6 rings (SSSR count). The molecule has 0 atom stereocenters. The zero-order valence-electron chi connectivity index (χ0n) is 23.1. The third-order valence-electron chi connectivity index (χ3n) is 7.36. The number of nitrogens with one attached hydrogen (secondary N) is 2.